The lowest BCUT2D eigenvalue weighted by Crippen LogP contribution is -2.25. The monoisotopic (exact) mass is 346 g/mol. The summed E-state index contributed by atoms with van der Waals surface area (Å²) in [4.78, 5) is 15.6. The number of aryl methyl sites for hydroxylation is 1. The highest BCUT2D eigenvalue weighted by molar-refractivity contribution is 5.16. The third-order valence-corrected chi connectivity index (χ3v) is 4.35. The third-order valence-electron chi connectivity index (χ3n) is 4.35. The lowest BCUT2D eigenvalue weighted by Gasteiger charge is -2.22. The van der Waals surface area contributed by atoms with E-state index < -0.39 is 0 Å². The summed E-state index contributed by atoms with van der Waals surface area (Å²) in [5.41, 5.74) is 3.80. The Labute approximate surface area is 156 Å². The van der Waals surface area contributed by atoms with Crippen LogP contribution in [0.5, 0.6) is 0 Å². The molecule has 1 aromatic carbocycles. The maximum Gasteiger partial charge on any atom is 0.128 e. The molecule has 26 heavy (non-hydrogen) atoms. The SMILES string of the molecule is CCCc1ncc(CN(CCc2ccccc2)Cc2ccncc2)cn1. The lowest BCUT2D eigenvalue weighted by molar-refractivity contribution is 0.259. The highest BCUT2D eigenvalue weighted by Crippen LogP contribution is 2.11. The zero-order valence-electron chi connectivity index (χ0n) is 15.4. The van der Waals surface area contributed by atoms with Gasteiger partial charge in [-0.15, -0.1) is 0 Å². The standard InChI is InChI=1S/C22H26N4/c1-2-6-22-24-15-21(16-25-22)18-26(17-20-9-12-23-13-10-20)14-11-19-7-4-3-5-8-19/h3-5,7-10,12-13,15-16H,2,6,11,14,17-18H2,1H3. The first-order valence-corrected chi connectivity index (χ1v) is 9.28. The molecule has 4 nitrogen and oxygen atoms in total. The highest BCUT2D eigenvalue weighted by atomic mass is 15.1. The van der Waals surface area contributed by atoms with Crippen LogP contribution in [0.4, 0.5) is 0 Å². The van der Waals surface area contributed by atoms with Gasteiger partial charge in [-0.25, -0.2) is 9.97 Å². The molecular formula is C22H26N4. The summed E-state index contributed by atoms with van der Waals surface area (Å²) >= 11 is 0. The summed E-state index contributed by atoms with van der Waals surface area (Å²) in [7, 11) is 0. The fraction of sp³-hybridized carbons (Fsp3) is 0.318. The normalized spacial score (nSPS) is 11.0. The van der Waals surface area contributed by atoms with E-state index in [0.717, 1.165) is 50.3 Å². The average molecular weight is 346 g/mol. The Balaban J connectivity index is 1.67. The van der Waals surface area contributed by atoms with E-state index in [1.165, 1.54) is 11.1 Å². The van der Waals surface area contributed by atoms with Crippen molar-refractivity contribution in [2.75, 3.05) is 6.54 Å². The third kappa shape index (κ3) is 5.74. The van der Waals surface area contributed by atoms with Crippen molar-refractivity contribution in [2.45, 2.75) is 39.3 Å². The Bertz CT molecular complexity index is 757. The van der Waals surface area contributed by atoms with Crippen LogP contribution in [0.1, 0.15) is 35.9 Å². The van der Waals surface area contributed by atoms with Gasteiger partial charge in [-0.05, 0) is 36.1 Å². The second-order valence-electron chi connectivity index (χ2n) is 6.56. The van der Waals surface area contributed by atoms with Crippen LogP contribution >= 0.6 is 0 Å². The lowest BCUT2D eigenvalue weighted by atomic mass is 10.1. The van der Waals surface area contributed by atoms with Gasteiger partial charge >= 0.3 is 0 Å². The maximum absolute atomic E-state index is 4.50. The van der Waals surface area contributed by atoms with E-state index >= 15 is 0 Å². The summed E-state index contributed by atoms with van der Waals surface area (Å²) < 4.78 is 0. The number of hydrogen-bond donors (Lipinski definition) is 0. The molecule has 3 aromatic rings. The molecular weight excluding hydrogens is 320 g/mol. The molecule has 0 saturated heterocycles. The predicted molar refractivity (Wildman–Crippen MR) is 105 cm³/mol. The van der Waals surface area contributed by atoms with Gasteiger partial charge in [-0.3, -0.25) is 9.88 Å². The van der Waals surface area contributed by atoms with Crippen molar-refractivity contribution in [1.29, 1.82) is 0 Å². The van der Waals surface area contributed by atoms with Crippen LogP contribution in [0, 0.1) is 0 Å². The zero-order chi connectivity index (χ0) is 18.0. The van der Waals surface area contributed by atoms with Crippen molar-refractivity contribution >= 4 is 0 Å². The zero-order valence-corrected chi connectivity index (χ0v) is 15.4. The largest absolute Gasteiger partial charge is 0.294 e. The molecule has 2 heterocycles. The van der Waals surface area contributed by atoms with Crippen LogP contribution in [0.3, 0.4) is 0 Å². The number of rotatable bonds is 9. The van der Waals surface area contributed by atoms with E-state index in [9.17, 15) is 0 Å². The van der Waals surface area contributed by atoms with E-state index in [4.69, 9.17) is 0 Å². The minimum Gasteiger partial charge on any atom is -0.294 e. The molecule has 0 fully saturated rings. The van der Waals surface area contributed by atoms with Gasteiger partial charge in [0.1, 0.15) is 5.82 Å². The van der Waals surface area contributed by atoms with Crippen LogP contribution in [-0.2, 0) is 25.9 Å². The first-order valence-electron chi connectivity index (χ1n) is 9.28. The van der Waals surface area contributed by atoms with Gasteiger partial charge in [0.15, 0.2) is 0 Å². The van der Waals surface area contributed by atoms with Gasteiger partial charge in [0.25, 0.3) is 0 Å². The number of benzene rings is 1. The molecule has 0 saturated carbocycles. The van der Waals surface area contributed by atoms with Gasteiger partial charge in [-0.1, -0.05) is 37.3 Å². The molecule has 0 aliphatic rings. The van der Waals surface area contributed by atoms with Crippen molar-refractivity contribution in [2.24, 2.45) is 0 Å². The molecule has 0 bridgehead atoms. The fourth-order valence-corrected chi connectivity index (χ4v) is 2.97. The Morgan fingerprint density at radius 3 is 2.15 bits per heavy atom. The molecule has 0 atom stereocenters. The van der Waals surface area contributed by atoms with Crippen molar-refractivity contribution in [1.82, 2.24) is 19.9 Å². The number of nitrogens with zero attached hydrogens (tertiary/aromatic N) is 4. The van der Waals surface area contributed by atoms with Gasteiger partial charge in [-0.2, -0.15) is 0 Å². The number of pyridine rings is 1. The van der Waals surface area contributed by atoms with E-state index in [1.54, 1.807) is 0 Å². The summed E-state index contributed by atoms with van der Waals surface area (Å²) in [6.45, 7) is 4.88. The molecule has 0 unspecified atom stereocenters. The second kappa shape index (κ2) is 9.78. The second-order valence-corrected chi connectivity index (χ2v) is 6.56. The first kappa shape index (κ1) is 18.2. The first-order chi connectivity index (χ1) is 12.8. The summed E-state index contributed by atoms with van der Waals surface area (Å²) in [6.07, 6.45) is 10.7. The van der Waals surface area contributed by atoms with Crippen molar-refractivity contribution in [3.8, 4) is 0 Å². The van der Waals surface area contributed by atoms with Crippen LogP contribution in [0.25, 0.3) is 0 Å². The van der Waals surface area contributed by atoms with E-state index in [2.05, 4.69) is 69.2 Å². The van der Waals surface area contributed by atoms with Crippen LogP contribution in [-0.4, -0.2) is 26.4 Å². The minimum absolute atomic E-state index is 0.849. The molecule has 0 aliphatic heterocycles. The molecule has 0 amide bonds. The van der Waals surface area contributed by atoms with Crippen molar-refractivity contribution in [3.63, 3.8) is 0 Å². The minimum atomic E-state index is 0.849. The van der Waals surface area contributed by atoms with Crippen LogP contribution in [0.15, 0.2) is 67.3 Å². The molecule has 2 aromatic heterocycles. The van der Waals surface area contributed by atoms with Gasteiger partial charge in [0.2, 0.25) is 0 Å². The van der Waals surface area contributed by atoms with Gasteiger partial charge in [0, 0.05) is 56.4 Å². The highest BCUT2D eigenvalue weighted by Gasteiger charge is 2.09. The number of aromatic nitrogens is 3. The van der Waals surface area contributed by atoms with Crippen molar-refractivity contribution in [3.05, 3.63) is 89.8 Å². The quantitative estimate of drug-likeness (QED) is 0.586. The number of hydrogen-bond acceptors (Lipinski definition) is 4. The van der Waals surface area contributed by atoms with Crippen LogP contribution < -0.4 is 0 Å². The summed E-state index contributed by atoms with van der Waals surface area (Å²) in [5.74, 6) is 0.932. The van der Waals surface area contributed by atoms with E-state index in [1.807, 2.05) is 24.8 Å². The molecule has 4 heteroatoms. The van der Waals surface area contributed by atoms with Crippen LogP contribution in [0.2, 0.25) is 0 Å². The molecule has 0 aliphatic carbocycles. The Morgan fingerprint density at radius 1 is 0.769 bits per heavy atom. The fourth-order valence-electron chi connectivity index (χ4n) is 2.97. The van der Waals surface area contributed by atoms with E-state index in [0.29, 0.717) is 0 Å². The topological polar surface area (TPSA) is 41.9 Å². The average Bonchev–Trinajstić information content (AvgIpc) is 2.69. The van der Waals surface area contributed by atoms with Crippen molar-refractivity contribution < 1.29 is 0 Å². The Morgan fingerprint density at radius 2 is 1.46 bits per heavy atom. The summed E-state index contributed by atoms with van der Waals surface area (Å²) in [6, 6.07) is 14.8. The summed E-state index contributed by atoms with van der Waals surface area (Å²) in [5, 5.41) is 0. The predicted octanol–water partition coefficient (Wildman–Crippen LogP) is 4.07. The Hall–Kier alpha value is -2.59. The molecule has 134 valence electrons. The molecule has 3 rings (SSSR count). The van der Waals surface area contributed by atoms with E-state index in [-0.39, 0.29) is 0 Å². The van der Waals surface area contributed by atoms with Gasteiger partial charge < -0.3 is 0 Å². The maximum atomic E-state index is 4.50. The molecule has 0 spiro atoms. The smallest absolute Gasteiger partial charge is 0.128 e. The van der Waals surface area contributed by atoms with Gasteiger partial charge in [0.05, 0.1) is 0 Å². The molecule has 0 radical (unpaired) electrons. The molecule has 0 N–H and O–H groups in total. The Kier molecular flexibility index (Phi) is 6.85.